The van der Waals surface area contributed by atoms with E-state index in [0.717, 1.165) is 6.07 Å². The van der Waals surface area contributed by atoms with Gasteiger partial charge in [-0.25, -0.2) is 27.0 Å². The number of pyridine rings is 1. The number of rotatable bonds is 5. The molecule has 0 saturated carbocycles. The van der Waals surface area contributed by atoms with E-state index in [9.17, 15) is 34.8 Å². The summed E-state index contributed by atoms with van der Waals surface area (Å²) in [6.45, 7) is 0.0855. The Kier molecular flexibility index (Phi) is 7.58. The molecule has 2 N–H and O–H groups in total. The number of halogens is 4. The topological polar surface area (TPSA) is 128 Å². The summed E-state index contributed by atoms with van der Waals surface area (Å²) < 4.78 is 93.9. The molecule has 0 unspecified atom stereocenters. The fourth-order valence-corrected chi connectivity index (χ4v) is 6.86. The van der Waals surface area contributed by atoms with Crippen LogP contribution in [0.2, 0.25) is 5.15 Å². The standard InChI is InChI=1S/C24H21ClF3N3O5S2/c25-21-12-16(6-9-30-21)23(32)31-10-7-15(8-11-31)19-13-18(37(33,34)17-4-2-1-3-5-17)14-20(38(29,35)36)22(19)24(26,27)28/h1-6,9,12-15H,7-8,10-11H2,(H2,29,35,36). The lowest BCUT2D eigenvalue weighted by atomic mass is 9.86. The van der Waals surface area contributed by atoms with Gasteiger partial charge in [-0.05, 0) is 60.7 Å². The summed E-state index contributed by atoms with van der Waals surface area (Å²) in [5.41, 5.74) is -1.75. The van der Waals surface area contributed by atoms with E-state index in [-0.39, 0.29) is 41.5 Å². The molecule has 8 nitrogen and oxygen atoms in total. The number of aromatic nitrogens is 1. The van der Waals surface area contributed by atoms with Gasteiger partial charge in [-0.2, -0.15) is 13.2 Å². The molecule has 0 aliphatic carbocycles. The molecule has 1 fully saturated rings. The molecule has 1 aliphatic rings. The zero-order valence-corrected chi connectivity index (χ0v) is 21.9. The molecule has 2 aromatic carbocycles. The van der Waals surface area contributed by atoms with Crippen LogP contribution in [0.5, 0.6) is 0 Å². The van der Waals surface area contributed by atoms with E-state index in [0.29, 0.717) is 6.07 Å². The van der Waals surface area contributed by atoms with Gasteiger partial charge in [0.1, 0.15) is 5.15 Å². The molecule has 0 radical (unpaired) electrons. The number of nitrogens with two attached hydrogens (primary N) is 1. The van der Waals surface area contributed by atoms with Gasteiger partial charge in [-0.15, -0.1) is 0 Å². The summed E-state index contributed by atoms with van der Waals surface area (Å²) in [7, 11) is -9.35. The van der Waals surface area contributed by atoms with Crippen LogP contribution < -0.4 is 5.14 Å². The number of sulfonamides is 1. The molecule has 14 heteroatoms. The minimum Gasteiger partial charge on any atom is -0.339 e. The van der Waals surface area contributed by atoms with Crippen LogP contribution in [0.15, 0.2) is 75.5 Å². The smallest absolute Gasteiger partial charge is 0.339 e. The third-order valence-electron chi connectivity index (χ3n) is 6.26. The lowest BCUT2D eigenvalue weighted by Gasteiger charge is -2.34. The van der Waals surface area contributed by atoms with Crippen molar-refractivity contribution >= 4 is 37.4 Å². The number of piperidine rings is 1. The van der Waals surface area contributed by atoms with Gasteiger partial charge in [0.25, 0.3) is 5.91 Å². The van der Waals surface area contributed by atoms with E-state index in [1.807, 2.05) is 0 Å². The first-order chi connectivity index (χ1) is 17.7. The molecule has 0 spiro atoms. The Bertz CT molecular complexity index is 1590. The second-order valence-corrected chi connectivity index (χ2v) is 12.5. The molecule has 1 saturated heterocycles. The van der Waals surface area contributed by atoms with E-state index in [4.69, 9.17) is 16.7 Å². The number of sulfone groups is 1. The third kappa shape index (κ3) is 5.70. The second-order valence-electron chi connectivity index (χ2n) is 8.68. The van der Waals surface area contributed by atoms with Crippen LogP contribution in [0.4, 0.5) is 13.2 Å². The first kappa shape index (κ1) is 28.0. The Labute approximate surface area is 222 Å². The molecule has 1 aromatic heterocycles. The lowest BCUT2D eigenvalue weighted by molar-refractivity contribution is -0.140. The van der Waals surface area contributed by atoms with Gasteiger partial charge in [-0.1, -0.05) is 29.8 Å². The maximum absolute atomic E-state index is 14.3. The highest BCUT2D eigenvalue weighted by atomic mass is 35.5. The van der Waals surface area contributed by atoms with Crippen molar-refractivity contribution in [2.75, 3.05) is 13.1 Å². The highest BCUT2D eigenvalue weighted by Gasteiger charge is 2.42. The number of hydrogen-bond acceptors (Lipinski definition) is 6. The molecule has 3 aromatic rings. The predicted molar refractivity (Wildman–Crippen MR) is 132 cm³/mol. The van der Waals surface area contributed by atoms with E-state index in [1.54, 1.807) is 6.07 Å². The molecule has 0 atom stereocenters. The van der Waals surface area contributed by atoms with E-state index in [2.05, 4.69) is 4.98 Å². The van der Waals surface area contributed by atoms with Gasteiger partial charge >= 0.3 is 6.18 Å². The van der Waals surface area contributed by atoms with Gasteiger partial charge in [0.05, 0.1) is 20.2 Å². The van der Waals surface area contributed by atoms with Crippen LogP contribution >= 0.6 is 11.6 Å². The van der Waals surface area contributed by atoms with Crippen molar-refractivity contribution in [3.63, 3.8) is 0 Å². The zero-order valence-electron chi connectivity index (χ0n) is 19.5. The number of alkyl halides is 3. The molecular weight excluding hydrogens is 567 g/mol. The lowest BCUT2D eigenvalue weighted by Crippen LogP contribution is -2.38. The van der Waals surface area contributed by atoms with E-state index < -0.39 is 58.8 Å². The Balaban J connectivity index is 1.78. The number of hydrogen-bond donors (Lipinski definition) is 1. The second kappa shape index (κ2) is 10.3. The molecular formula is C24H21ClF3N3O5S2. The Hall–Kier alpha value is -3.00. The number of carbonyl (C=O) groups is 1. The molecule has 4 rings (SSSR count). The Morgan fingerprint density at radius 1 is 0.974 bits per heavy atom. The van der Waals surface area contributed by atoms with Crippen molar-refractivity contribution < 1.29 is 34.8 Å². The number of primary sulfonamides is 1. The SMILES string of the molecule is NS(=O)(=O)c1cc(S(=O)(=O)c2ccccc2)cc(C2CCN(C(=O)c3ccnc(Cl)c3)CC2)c1C(F)(F)F. The maximum Gasteiger partial charge on any atom is 0.417 e. The van der Waals surface area contributed by atoms with Crippen LogP contribution in [-0.2, 0) is 26.0 Å². The summed E-state index contributed by atoms with van der Waals surface area (Å²) in [5, 5.41) is 5.25. The van der Waals surface area contributed by atoms with Gasteiger partial charge in [0.15, 0.2) is 0 Å². The van der Waals surface area contributed by atoms with Crippen molar-refractivity contribution in [3.8, 4) is 0 Å². The summed E-state index contributed by atoms with van der Waals surface area (Å²) in [4.78, 5) is 15.9. The van der Waals surface area contributed by atoms with Gasteiger partial charge in [0, 0.05) is 24.8 Å². The molecule has 1 aliphatic heterocycles. The maximum atomic E-state index is 14.3. The average Bonchev–Trinajstić information content (AvgIpc) is 2.87. The first-order valence-electron chi connectivity index (χ1n) is 11.2. The Morgan fingerprint density at radius 3 is 2.16 bits per heavy atom. The fourth-order valence-electron chi connectivity index (χ4n) is 4.46. The summed E-state index contributed by atoms with van der Waals surface area (Å²) in [6, 6.07) is 11.1. The monoisotopic (exact) mass is 587 g/mol. The normalized spacial score (nSPS) is 15.4. The van der Waals surface area contributed by atoms with Crippen LogP contribution in [-0.4, -0.2) is 45.7 Å². The molecule has 202 valence electrons. The summed E-state index contributed by atoms with van der Waals surface area (Å²) >= 11 is 5.84. The quantitative estimate of drug-likeness (QED) is 0.445. The third-order valence-corrected chi connectivity index (χ3v) is 9.15. The predicted octanol–water partition coefficient (Wildman–Crippen LogP) is 4.25. The largest absolute Gasteiger partial charge is 0.417 e. The number of nitrogens with zero attached hydrogens (tertiary/aromatic N) is 2. The van der Waals surface area contributed by atoms with Crippen LogP contribution in [0.1, 0.15) is 40.2 Å². The van der Waals surface area contributed by atoms with Crippen LogP contribution in [0, 0.1) is 0 Å². The highest BCUT2D eigenvalue weighted by Crippen LogP contribution is 2.44. The summed E-state index contributed by atoms with van der Waals surface area (Å²) in [6.07, 6.45) is -3.75. The van der Waals surface area contributed by atoms with Gasteiger partial charge < -0.3 is 4.90 Å². The molecule has 0 bridgehead atoms. The number of carbonyl (C=O) groups excluding carboxylic acids is 1. The van der Waals surface area contributed by atoms with Crippen LogP contribution in [0.3, 0.4) is 0 Å². The van der Waals surface area contributed by atoms with Crippen molar-refractivity contribution in [1.29, 1.82) is 0 Å². The molecule has 1 amide bonds. The number of benzene rings is 2. The minimum absolute atomic E-state index is 0.0204. The zero-order chi connectivity index (χ0) is 27.9. The van der Waals surface area contributed by atoms with Crippen molar-refractivity contribution in [2.45, 2.75) is 39.6 Å². The number of likely N-dealkylation sites (tertiary alicyclic amines) is 1. The van der Waals surface area contributed by atoms with Gasteiger partial charge in [0.2, 0.25) is 19.9 Å². The van der Waals surface area contributed by atoms with Crippen molar-refractivity contribution in [3.05, 3.63) is 82.6 Å². The average molecular weight is 588 g/mol. The van der Waals surface area contributed by atoms with E-state index >= 15 is 0 Å². The Morgan fingerprint density at radius 2 is 1.61 bits per heavy atom. The highest BCUT2D eigenvalue weighted by molar-refractivity contribution is 7.91. The summed E-state index contributed by atoms with van der Waals surface area (Å²) in [5.74, 6) is -1.29. The van der Waals surface area contributed by atoms with Crippen molar-refractivity contribution in [2.24, 2.45) is 5.14 Å². The first-order valence-corrected chi connectivity index (χ1v) is 14.6. The minimum atomic E-state index is -5.15. The molecule has 2 heterocycles. The number of amides is 1. The van der Waals surface area contributed by atoms with Crippen LogP contribution in [0.25, 0.3) is 0 Å². The molecule has 38 heavy (non-hydrogen) atoms. The fraction of sp³-hybridized carbons (Fsp3) is 0.250. The van der Waals surface area contributed by atoms with Gasteiger partial charge in [-0.3, -0.25) is 4.79 Å². The van der Waals surface area contributed by atoms with E-state index in [1.165, 1.54) is 47.5 Å². The van der Waals surface area contributed by atoms with Crippen molar-refractivity contribution in [1.82, 2.24) is 9.88 Å².